The molecule has 21 heavy (non-hydrogen) atoms. The number of aryl methyl sites for hydroxylation is 1. The molecule has 1 fully saturated rings. The van der Waals surface area contributed by atoms with Crippen molar-refractivity contribution in [2.75, 3.05) is 24.5 Å². The third-order valence-corrected chi connectivity index (χ3v) is 6.60. The summed E-state index contributed by atoms with van der Waals surface area (Å²) in [4.78, 5) is 14.1. The molecule has 1 amide bonds. The molecule has 4 rings (SSSR count). The van der Waals surface area contributed by atoms with Gasteiger partial charge in [-0.05, 0) is 48.9 Å². The first kappa shape index (κ1) is 13.3. The van der Waals surface area contributed by atoms with E-state index in [9.17, 15) is 13.2 Å². The van der Waals surface area contributed by atoms with Crippen molar-refractivity contribution < 1.29 is 13.2 Å². The second-order valence-electron chi connectivity index (χ2n) is 6.00. The molecular formula is C15H18N2O3S. The zero-order chi connectivity index (χ0) is 14.6. The largest absolute Gasteiger partial charge is 0.312 e. The number of nitrogens with zero attached hydrogens (tertiary/aromatic N) is 2. The second kappa shape index (κ2) is 4.55. The Morgan fingerprint density at radius 2 is 1.57 bits per heavy atom. The lowest BCUT2D eigenvalue weighted by molar-refractivity contribution is -0.118. The number of anilines is 1. The summed E-state index contributed by atoms with van der Waals surface area (Å²) < 4.78 is 27.0. The minimum atomic E-state index is -3.37. The van der Waals surface area contributed by atoms with Crippen LogP contribution < -0.4 is 4.90 Å². The maximum atomic E-state index is 12.7. The predicted molar refractivity (Wildman–Crippen MR) is 78.8 cm³/mol. The fourth-order valence-corrected chi connectivity index (χ4v) is 5.27. The Labute approximate surface area is 124 Å². The summed E-state index contributed by atoms with van der Waals surface area (Å²) in [6, 6.07) is 3.57. The van der Waals surface area contributed by atoms with Gasteiger partial charge in [-0.15, -0.1) is 0 Å². The van der Waals surface area contributed by atoms with Crippen molar-refractivity contribution >= 4 is 21.6 Å². The van der Waals surface area contributed by atoms with Crippen LogP contribution in [0.4, 0.5) is 5.69 Å². The molecule has 5 nitrogen and oxygen atoms in total. The van der Waals surface area contributed by atoms with Crippen molar-refractivity contribution in [2.45, 2.75) is 37.0 Å². The van der Waals surface area contributed by atoms with Crippen LogP contribution >= 0.6 is 0 Å². The lowest BCUT2D eigenvalue weighted by Crippen LogP contribution is -2.33. The molecule has 0 saturated carbocycles. The molecule has 0 unspecified atom stereocenters. The van der Waals surface area contributed by atoms with Gasteiger partial charge < -0.3 is 4.90 Å². The van der Waals surface area contributed by atoms with Crippen LogP contribution in [0, 0.1) is 0 Å². The first-order chi connectivity index (χ1) is 10.1. The molecule has 1 aromatic carbocycles. The van der Waals surface area contributed by atoms with Crippen molar-refractivity contribution in [1.29, 1.82) is 0 Å². The second-order valence-corrected chi connectivity index (χ2v) is 7.93. The smallest absolute Gasteiger partial charge is 0.243 e. The molecule has 0 aromatic heterocycles. The van der Waals surface area contributed by atoms with Crippen molar-refractivity contribution in [1.82, 2.24) is 4.31 Å². The quantitative estimate of drug-likeness (QED) is 0.828. The zero-order valence-corrected chi connectivity index (χ0v) is 12.7. The number of rotatable bonds is 2. The van der Waals surface area contributed by atoms with Crippen LogP contribution in [0.1, 0.15) is 30.4 Å². The predicted octanol–water partition coefficient (Wildman–Crippen LogP) is 1.31. The van der Waals surface area contributed by atoms with Crippen LogP contribution in [0.15, 0.2) is 17.0 Å². The van der Waals surface area contributed by atoms with E-state index < -0.39 is 10.0 Å². The SMILES string of the molecule is O=C1CCc2cc(S(=O)(=O)N3CCCC3)cc3c2N1CC3. The fourth-order valence-electron chi connectivity index (χ4n) is 3.65. The summed E-state index contributed by atoms with van der Waals surface area (Å²) in [5.74, 6) is 0.163. The van der Waals surface area contributed by atoms with Crippen LogP contribution in [0.2, 0.25) is 0 Å². The number of carbonyl (C=O) groups excluding carboxylic acids is 1. The average molecular weight is 306 g/mol. The van der Waals surface area contributed by atoms with Gasteiger partial charge in [0.05, 0.1) is 10.6 Å². The van der Waals surface area contributed by atoms with Gasteiger partial charge in [0.2, 0.25) is 15.9 Å². The molecule has 0 N–H and O–H groups in total. The standard InChI is InChI=1S/C15H18N2O3S/c18-14-4-3-11-9-13(10-12-5-8-17(14)15(11)12)21(19,20)16-6-1-2-7-16/h9-10H,1-8H2. The number of hydrogen-bond acceptors (Lipinski definition) is 3. The van der Waals surface area contributed by atoms with E-state index in [-0.39, 0.29) is 5.91 Å². The number of hydrogen-bond donors (Lipinski definition) is 0. The van der Waals surface area contributed by atoms with Crippen molar-refractivity contribution in [3.05, 3.63) is 23.3 Å². The molecular weight excluding hydrogens is 288 g/mol. The van der Waals surface area contributed by atoms with Gasteiger partial charge in [0, 0.05) is 26.1 Å². The van der Waals surface area contributed by atoms with Gasteiger partial charge in [0.15, 0.2) is 0 Å². The van der Waals surface area contributed by atoms with E-state index in [1.165, 1.54) is 0 Å². The number of benzene rings is 1. The van der Waals surface area contributed by atoms with Crippen LogP contribution in [0.25, 0.3) is 0 Å². The summed E-state index contributed by atoms with van der Waals surface area (Å²) in [6.07, 6.45) is 3.79. The van der Waals surface area contributed by atoms with Crippen LogP contribution in [-0.4, -0.2) is 38.3 Å². The van der Waals surface area contributed by atoms with Gasteiger partial charge in [0.25, 0.3) is 0 Å². The van der Waals surface area contributed by atoms with E-state index in [1.807, 2.05) is 4.90 Å². The Hall–Kier alpha value is -1.40. The lowest BCUT2D eigenvalue weighted by Gasteiger charge is -2.26. The Morgan fingerprint density at radius 1 is 0.905 bits per heavy atom. The van der Waals surface area contributed by atoms with Gasteiger partial charge in [0.1, 0.15) is 0 Å². The molecule has 1 aromatic rings. The van der Waals surface area contributed by atoms with Gasteiger partial charge in [-0.25, -0.2) is 8.42 Å². The highest BCUT2D eigenvalue weighted by Crippen LogP contribution is 2.39. The normalized spacial score (nSPS) is 21.9. The van der Waals surface area contributed by atoms with E-state index in [0.717, 1.165) is 36.1 Å². The van der Waals surface area contributed by atoms with E-state index in [1.54, 1.807) is 16.4 Å². The number of sulfonamides is 1. The van der Waals surface area contributed by atoms with E-state index in [0.29, 0.717) is 37.4 Å². The third kappa shape index (κ3) is 1.92. The van der Waals surface area contributed by atoms with Crippen LogP contribution in [0.5, 0.6) is 0 Å². The molecule has 3 aliphatic rings. The third-order valence-electron chi connectivity index (χ3n) is 4.73. The minimum Gasteiger partial charge on any atom is -0.312 e. The van der Waals surface area contributed by atoms with Crippen molar-refractivity contribution in [2.24, 2.45) is 0 Å². The summed E-state index contributed by atoms with van der Waals surface area (Å²) in [5.41, 5.74) is 3.01. The topological polar surface area (TPSA) is 57.7 Å². The molecule has 112 valence electrons. The molecule has 0 aliphatic carbocycles. The highest BCUT2D eigenvalue weighted by Gasteiger charge is 2.34. The Kier molecular flexibility index (Phi) is 2.87. The highest BCUT2D eigenvalue weighted by atomic mass is 32.2. The Bertz CT molecular complexity index is 721. The average Bonchev–Trinajstić information content (AvgIpc) is 3.13. The molecule has 1 saturated heterocycles. The van der Waals surface area contributed by atoms with Gasteiger partial charge in [-0.3, -0.25) is 4.79 Å². The summed E-state index contributed by atoms with van der Waals surface area (Å²) in [5, 5.41) is 0. The zero-order valence-electron chi connectivity index (χ0n) is 11.8. The number of carbonyl (C=O) groups is 1. The lowest BCUT2D eigenvalue weighted by atomic mass is 10.00. The monoisotopic (exact) mass is 306 g/mol. The highest BCUT2D eigenvalue weighted by molar-refractivity contribution is 7.89. The molecule has 0 radical (unpaired) electrons. The minimum absolute atomic E-state index is 0.163. The molecule has 3 aliphatic heterocycles. The van der Waals surface area contributed by atoms with Crippen LogP contribution in [0.3, 0.4) is 0 Å². The molecule has 0 bridgehead atoms. The summed E-state index contributed by atoms with van der Waals surface area (Å²) in [6.45, 7) is 1.94. The van der Waals surface area contributed by atoms with Gasteiger partial charge in [-0.1, -0.05) is 0 Å². The summed E-state index contributed by atoms with van der Waals surface area (Å²) in [7, 11) is -3.37. The first-order valence-electron chi connectivity index (χ1n) is 7.54. The van der Waals surface area contributed by atoms with Gasteiger partial charge >= 0.3 is 0 Å². The maximum absolute atomic E-state index is 12.7. The van der Waals surface area contributed by atoms with Crippen molar-refractivity contribution in [3.63, 3.8) is 0 Å². The maximum Gasteiger partial charge on any atom is 0.243 e. The fraction of sp³-hybridized carbons (Fsp3) is 0.533. The van der Waals surface area contributed by atoms with Crippen LogP contribution in [-0.2, 0) is 27.7 Å². The Balaban J connectivity index is 1.81. The van der Waals surface area contributed by atoms with E-state index >= 15 is 0 Å². The van der Waals surface area contributed by atoms with E-state index in [2.05, 4.69) is 0 Å². The van der Waals surface area contributed by atoms with Crippen molar-refractivity contribution in [3.8, 4) is 0 Å². The molecule has 0 atom stereocenters. The van der Waals surface area contributed by atoms with E-state index in [4.69, 9.17) is 0 Å². The van der Waals surface area contributed by atoms with Gasteiger partial charge in [-0.2, -0.15) is 4.31 Å². The Morgan fingerprint density at radius 3 is 2.29 bits per heavy atom. The molecule has 3 heterocycles. The molecule has 6 heteroatoms. The first-order valence-corrected chi connectivity index (χ1v) is 8.98. The molecule has 0 spiro atoms. The number of amides is 1. The summed E-state index contributed by atoms with van der Waals surface area (Å²) >= 11 is 0.